The first-order chi connectivity index (χ1) is 8.58. The fourth-order valence-electron chi connectivity index (χ4n) is 1.62. The maximum absolute atomic E-state index is 11.6. The lowest BCUT2D eigenvalue weighted by molar-refractivity contribution is -0.118. The van der Waals surface area contributed by atoms with Gasteiger partial charge in [0.25, 0.3) is 0 Å². The van der Waals surface area contributed by atoms with Gasteiger partial charge in [0.15, 0.2) is 5.15 Å². The van der Waals surface area contributed by atoms with Crippen LogP contribution in [0, 0.1) is 0 Å². The number of aromatic nitrogens is 2. The van der Waals surface area contributed by atoms with E-state index in [-0.39, 0.29) is 5.15 Å². The van der Waals surface area contributed by atoms with E-state index in [1.165, 1.54) is 0 Å². The largest absolute Gasteiger partial charge is 0.369 e. The highest BCUT2D eigenvalue weighted by Gasteiger charge is 2.22. The molecule has 0 saturated heterocycles. The molecule has 0 fully saturated rings. The topological polar surface area (TPSA) is 68.9 Å². The normalized spacial score (nSPS) is 12.1. The fourth-order valence-corrected chi connectivity index (χ4v) is 1.84. The van der Waals surface area contributed by atoms with Crippen LogP contribution in [0.25, 0.3) is 0 Å². The van der Waals surface area contributed by atoms with Crippen molar-refractivity contribution in [1.29, 1.82) is 0 Å². The Balaban J connectivity index is 2.43. The number of hydrogen-bond acceptors (Lipinski definition) is 3. The van der Waals surface area contributed by atoms with Crippen molar-refractivity contribution >= 4 is 29.1 Å². The van der Waals surface area contributed by atoms with E-state index in [4.69, 9.17) is 28.9 Å². The molecule has 0 radical (unpaired) electrons. The number of carbonyl (C=O) groups is 1. The molecule has 0 bridgehead atoms. The molecule has 1 aromatic carbocycles. The first-order valence-electron chi connectivity index (χ1n) is 5.12. The van der Waals surface area contributed by atoms with Crippen LogP contribution in [0.4, 0.5) is 0 Å². The Morgan fingerprint density at radius 1 is 1.06 bits per heavy atom. The Hall–Kier alpha value is -1.65. The van der Waals surface area contributed by atoms with Crippen molar-refractivity contribution in [3.63, 3.8) is 0 Å². The Labute approximate surface area is 114 Å². The van der Waals surface area contributed by atoms with Crippen LogP contribution in [0.15, 0.2) is 36.4 Å². The summed E-state index contributed by atoms with van der Waals surface area (Å²) < 4.78 is 0. The highest BCUT2D eigenvalue weighted by molar-refractivity contribution is 6.30. The minimum atomic E-state index is -0.660. The van der Waals surface area contributed by atoms with Crippen molar-refractivity contribution in [3.8, 4) is 0 Å². The third-order valence-corrected chi connectivity index (χ3v) is 2.89. The van der Waals surface area contributed by atoms with Gasteiger partial charge in [-0.05, 0) is 29.8 Å². The summed E-state index contributed by atoms with van der Waals surface area (Å²) in [7, 11) is 0. The second-order valence-electron chi connectivity index (χ2n) is 3.67. The van der Waals surface area contributed by atoms with Gasteiger partial charge in [0.2, 0.25) is 5.91 Å². The molecule has 1 unspecified atom stereocenters. The Morgan fingerprint density at radius 2 is 1.72 bits per heavy atom. The quantitative estimate of drug-likeness (QED) is 0.939. The SMILES string of the molecule is NC(=O)C(c1ccc(Cl)cc1)c1ccc(Cl)nn1. The van der Waals surface area contributed by atoms with Gasteiger partial charge in [0.05, 0.1) is 5.69 Å². The highest BCUT2D eigenvalue weighted by atomic mass is 35.5. The summed E-state index contributed by atoms with van der Waals surface area (Å²) in [5, 5.41) is 8.44. The zero-order chi connectivity index (χ0) is 13.1. The predicted octanol–water partition coefficient (Wildman–Crippen LogP) is 2.40. The average molecular weight is 282 g/mol. The summed E-state index contributed by atoms with van der Waals surface area (Å²) in [6, 6.07) is 10.0. The van der Waals surface area contributed by atoms with E-state index < -0.39 is 11.8 Å². The lowest BCUT2D eigenvalue weighted by atomic mass is 9.95. The van der Waals surface area contributed by atoms with Crippen molar-refractivity contribution in [3.05, 3.63) is 57.8 Å². The molecular weight excluding hydrogens is 273 g/mol. The van der Waals surface area contributed by atoms with Crippen LogP contribution in [-0.2, 0) is 4.79 Å². The highest BCUT2D eigenvalue weighted by Crippen LogP contribution is 2.24. The Kier molecular flexibility index (Phi) is 3.79. The minimum absolute atomic E-state index is 0.262. The van der Waals surface area contributed by atoms with Crippen LogP contribution >= 0.6 is 23.2 Å². The third kappa shape index (κ3) is 2.78. The zero-order valence-electron chi connectivity index (χ0n) is 9.18. The summed E-state index contributed by atoms with van der Waals surface area (Å²) in [5.41, 5.74) is 6.57. The third-order valence-electron chi connectivity index (χ3n) is 2.44. The van der Waals surface area contributed by atoms with E-state index in [9.17, 15) is 4.79 Å². The van der Waals surface area contributed by atoms with Gasteiger partial charge in [-0.1, -0.05) is 35.3 Å². The van der Waals surface area contributed by atoms with Gasteiger partial charge in [-0.15, -0.1) is 5.10 Å². The molecule has 92 valence electrons. The number of primary amides is 1. The molecule has 1 atom stereocenters. The number of halogens is 2. The van der Waals surface area contributed by atoms with Gasteiger partial charge in [0, 0.05) is 5.02 Å². The molecule has 0 aliphatic heterocycles. The lowest BCUT2D eigenvalue weighted by Crippen LogP contribution is -2.23. The van der Waals surface area contributed by atoms with Gasteiger partial charge in [-0.2, -0.15) is 5.10 Å². The van der Waals surface area contributed by atoms with Crippen LogP contribution in [0.5, 0.6) is 0 Å². The van der Waals surface area contributed by atoms with Gasteiger partial charge < -0.3 is 5.73 Å². The summed E-state index contributed by atoms with van der Waals surface area (Å²) >= 11 is 11.5. The molecule has 1 aromatic heterocycles. The van der Waals surface area contributed by atoms with Crippen LogP contribution in [0.3, 0.4) is 0 Å². The molecule has 1 amide bonds. The van der Waals surface area contributed by atoms with Crippen molar-refractivity contribution in [2.75, 3.05) is 0 Å². The number of benzene rings is 1. The van der Waals surface area contributed by atoms with Crippen LogP contribution < -0.4 is 5.73 Å². The van der Waals surface area contributed by atoms with Crippen molar-refractivity contribution in [1.82, 2.24) is 10.2 Å². The standard InChI is InChI=1S/C12H9Cl2N3O/c13-8-3-1-7(2-4-8)11(12(15)18)9-5-6-10(14)17-16-9/h1-6,11H,(H2,15,18). The van der Waals surface area contributed by atoms with Crippen LogP contribution in [0.2, 0.25) is 10.2 Å². The van der Waals surface area contributed by atoms with E-state index in [2.05, 4.69) is 10.2 Å². The van der Waals surface area contributed by atoms with Crippen molar-refractivity contribution in [2.24, 2.45) is 5.73 Å². The molecule has 1 heterocycles. The molecule has 18 heavy (non-hydrogen) atoms. The summed E-state index contributed by atoms with van der Waals surface area (Å²) in [6.07, 6.45) is 0. The second-order valence-corrected chi connectivity index (χ2v) is 4.49. The van der Waals surface area contributed by atoms with E-state index in [1.54, 1.807) is 36.4 Å². The Morgan fingerprint density at radius 3 is 2.22 bits per heavy atom. The number of carbonyl (C=O) groups excluding carboxylic acids is 1. The molecule has 0 spiro atoms. The van der Waals surface area contributed by atoms with Gasteiger partial charge in [0.1, 0.15) is 5.92 Å². The maximum Gasteiger partial charge on any atom is 0.231 e. The first-order valence-corrected chi connectivity index (χ1v) is 5.87. The number of amides is 1. The van der Waals surface area contributed by atoms with E-state index in [0.29, 0.717) is 16.3 Å². The molecule has 4 nitrogen and oxygen atoms in total. The van der Waals surface area contributed by atoms with Crippen LogP contribution in [-0.4, -0.2) is 16.1 Å². The minimum Gasteiger partial charge on any atom is -0.369 e. The van der Waals surface area contributed by atoms with E-state index >= 15 is 0 Å². The van der Waals surface area contributed by atoms with Crippen molar-refractivity contribution in [2.45, 2.75) is 5.92 Å². The van der Waals surface area contributed by atoms with Crippen LogP contribution in [0.1, 0.15) is 17.2 Å². The molecule has 0 saturated carbocycles. The Bertz CT molecular complexity index is 509. The molecule has 0 aliphatic carbocycles. The molecular formula is C12H9Cl2N3O. The van der Waals surface area contributed by atoms with Crippen molar-refractivity contribution < 1.29 is 4.79 Å². The lowest BCUT2D eigenvalue weighted by Gasteiger charge is -2.12. The number of nitrogens with zero attached hydrogens (tertiary/aromatic N) is 2. The molecule has 2 aromatic rings. The van der Waals surface area contributed by atoms with E-state index in [1.807, 2.05) is 0 Å². The average Bonchev–Trinajstić information content (AvgIpc) is 2.34. The van der Waals surface area contributed by atoms with Gasteiger partial charge in [-0.25, -0.2) is 0 Å². The summed E-state index contributed by atoms with van der Waals surface area (Å²) in [6.45, 7) is 0. The maximum atomic E-state index is 11.6. The predicted molar refractivity (Wildman–Crippen MR) is 69.5 cm³/mol. The van der Waals surface area contributed by atoms with Gasteiger partial charge >= 0.3 is 0 Å². The molecule has 2 N–H and O–H groups in total. The van der Waals surface area contributed by atoms with E-state index in [0.717, 1.165) is 0 Å². The first kappa shape index (κ1) is 12.8. The number of hydrogen-bond donors (Lipinski definition) is 1. The molecule has 0 aliphatic rings. The van der Waals surface area contributed by atoms with Gasteiger partial charge in [-0.3, -0.25) is 4.79 Å². The number of rotatable bonds is 3. The zero-order valence-corrected chi connectivity index (χ0v) is 10.7. The second kappa shape index (κ2) is 5.33. The number of nitrogens with two attached hydrogens (primary N) is 1. The summed E-state index contributed by atoms with van der Waals surface area (Å²) in [4.78, 5) is 11.6. The summed E-state index contributed by atoms with van der Waals surface area (Å²) in [5.74, 6) is -1.17. The fraction of sp³-hybridized carbons (Fsp3) is 0.0833. The smallest absolute Gasteiger partial charge is 0.231 e. The molecule has 6 heteroatoms. The molecule has 2 rings (SSSR count). The monoisotopic (exact) mass is 281 g/mol.